The molecule has 2 unspecified atom stereocenters. The van der Waals surface area contributed by atoms with Crippen LogP contribution in [-0.4, -0.2) is 25.1 Å². The molecule has 1 amide bonds. The molecule has 0 aliphatic rings. The van der Waals surface area contributed by atoms with Gasteiger partial charge in [-0.25, -0.2) is 0 Å². The Morgan fingerprint density at radius 2 is 1.88 bits per heavy atom. The standard InChI is InChI=1S/C19H19BrClNO4/c1-12(26-16-5-3-4-15(21)10-16)19(24)22-17(11-18(23)25-2)13-6-8-14(20)9-7-13/h3-10,12,17H,11H2,1-2H3,(H,22,24). The highest BCUT2D eigenvalue weighted by Crippen LogP contribution is 2.22. The zero-order valence-corrected chi connectivity index (χ0v) is 16.7. The Hall–Kier alpha value is -2.05. The third-order valence-electron chi connectivity index (χ3n) is 3.67. The van der Waals surface area contributed by atoms with Crippen molar-refractivity contribution in [2.24, 2.45) is 0 Å². The molecular formula is C19H19BrClNO4. The van der Waals surface area contributed by atoms with Crippen molar-refractivity contribution in [3.63, 3.8) is 0 Å². The molecule has 0 bridgehead atoms. The van der Waals surface area contributed by atoms with Crippen LogP contribution in [0.5, 0.6) is 5.75 Å². The van der Waals surface area contributed by atoms with Crippen molar-refractivity contribution in [2.75, 3.05) is 7.11 Å². The number of nitrogens with one attached hydrogen (secondary N) is 1. The molecule has 1 N–H and O–H groups in total. The molecule has 0 fully saturated rings. The van der Waals surface area contributed by atoms with Crippen LogP contribution in [0.1, 0.15) is 24.9 Å². The molecule has 0 saturated heterocycles. The highest BCUT2D eigenvalue weighted by molar-refractivity contribution is 9.10. The van der Waals surface area contributed by atoms with Crippen molar-refractivity contribution in [1.82, 2.24) is 5.32 Å². The fraction of sp³-hybridized carbons (Fsp3) is 0.263. The van der Waals surface area contributed by atoms with Crippen molar-refractivity contribution in [1.29, 1.82) is 0 Å². The molecule has 2 aromatic rings. The number of hydrogen-bond donors (Lipinski definition) is 1. The van der Waals surface area contributed by atoms with Gasteiger partial charge < -0.3 is 14.8 Å². The van der Waals surface area contributed by atoms with E-state index in [-0.39, 0.29) is 12.3 Å². The highest BCUT2D eigenvalue weighted by Gasteiger charge is 2.23. The number of benzene rings is 2. The van der Waals surface area contributed by atoms with Crippen molar-refractivity contribution in [3.05, 3.63) is 63.6 Å². The van der Waals surface area contributed by atoms with Crippen LogP contribution in [0.15, 0.2) is 53.0 Å². The number of hydrogen-bond acceptors (Lipinski definition) is 4. The summed E-state index contributed by atoms with van der Waals surface area (Å²) >= 11 is 9.29. The molecule has 5 nitrogen and oxygen atoms in total. The average molecular weight is 441 g/mol. The van der Waals surface area contributed by atoms with Crippen molar-refractivity contribution >= 4 is 39.4 Å². The Morgan fingerprint density at radius 3 is 2.50 bits per heavy atom. The van der Waals surface area contributed by atoms with Crippen LogP contribution in [-0.2, 0) is 14.3 Å². The Kier molecular flexibility index (Phi) is 7.48. The van der Waals surface area contributed by atoms with E-state index in [1.807, 2.05) is 24.3 Å². The lowest BCUT2D eigenvalue weighted by atomic mass is 10.0. The molecule has 2 aromatic carbocycles. The lowest BCUT2D eigenvalue weighted by Crippen LogP contribution is -2.39. The highest BCUT2D eigenvalue weighted by atomic mass is 79.9. The number of carbonyl (C=O) groups excluding carboxylic acids is 2. The van der Waals surface area contributed by atoms with E-state index in [9.17, 15) is 9.59 Å². The van der Waals surface area contributed by atoms with Gasteiger partial charge in [0.05, 0.1) is 19.6 Å². The summed E-state index contributed by atoms with van der Waals surface area (Å²) < 4.78 is 11.3. The summed E-state index contributed by atoms with van der Waals surface area (Å²) in [6.07, 6.45) is -0.739. The molecular weight excluding hydrogens is 422 g/mol. The zero-order chi connectivity index (χ0) is 19.1. The van der Waals surface area contributed by atoms with Gasteiger partial charge in [0.15, 0.2) is 6.10 Å². The smallest absolute Gasteiger partial charge is 0.307 e. The van der Waals surface area contributed by atoms with Crippen LogP contribution in [0.25, 0.3) is 0 Å². The Bertz CT molecular complexity index is 766. The molecule has 0 aliphatic carbocycles. The molecule has 0 heterocycles. The molecule has 2 atom stereocenters. The van der Waals surface area contributed by atoms with E-state index in [0.717, 1.165) is 10.0 Å². The van der Waals surface area contributed by atoms with Gasteiger partial charge in [-0.15, -0.1) is 0 Å². The summed E-state index contributed by atoms with van der Waals surface area (Å²) in [5.74, 6) is -0.267. The summed E-state index contributed by atoms with van der Waals surface area (Å²) in [6.45, 7) is 1.63. The number of rotatable bonds is 7. The zero-order valence-electron chi connectivity index (χ0n) is 14.4. The minimum atomic E-state index is -0.760. The minimum Gasteiger partial charge on any atom is -0.481 e. The van der Waals surface area contributed by atoms with Crippen molar-refractivity contribution < 1.29 is 19.1 Å². The van der Waals surface area contributed by atoms with Crippen LogP contribution in [0.4, 0.5) is 0 Å². The molecule has 0 aromatic heterocycles. The van der Waals surface area contributed by atoms with E-state index in [1.165, 1.54) is 7.11 Å². The number of ether oxygens (including phenoxy) is 2. The first-order valence-corrected chi connectivity index (χ1v) is 9.11. The number of methoxy groups -OCH3 is 1. The van der Waals surface area contributed by atoms with Crippen LogP contribution in [0.2, 0.25) is 5.02 Å². The fourth-order valence-corrected chi connectivity index (χ4v) is 2.73. The van der Waals surface area contributed by atoms with Gasteiger partial charge in [0.2, 0.25) is 0 Å². The number of esters is 1. The van der Waals surface area contributed by atoms with E-state index in [1.54, 1.807) is 31.2 Å². The van der Waals surface area contributed by atoms with Crippen LogP contribution >= 0.6 is 27.5 Å². The summed E-state index contributed by atoms with van der Waals surface area (Å²) in [5.41, 5.74) is 0.793. The molecule has 0 spiro atoms. The summed E-state index contributed by atoms with van der Waals surface area (Å²) in [5, 5.41) is 3.36. The van der Waals surface area contributed by atoms with Gasteiger partial charge in [0.1, 0.15) is 5.75 Å². The van der Waals surface area contributed by atoms with Crippen LogP contribution in [0, 0.1) is 0 Å². The second-order valence-electron chi connectivity index (χ2n) is 5.61. The quantitative estimate of drug-likeness (QED) is 0.652. The Balaban J connectivity index is 2.09. The van der Waals surface area contributed by atoms with Crippen LogP contribution < -0.4 is 10.1 Å². The second-order valence-corrected chi connectivity index (χ2v) is 6.96. The Labute approximate surface area is 165 Å². The Morgan fingerprint density at radius 1 is 1.19 bits per heavy atom. The number of halogens is 2. The first-order valence-electron chi connectivity index (χ1n) is 7.94. The third kappa shape index (κ3) is 6.04. The van der Waals surface area contributed by atoms with Gasteiger partial charge in [-0.3, -0.25) is 9.59 Å². The SMILES string of the molecule is COC(=O)CC(NC(=O)C(C)Oc1cccc(Cl)c1)c1ccc(Br)cc1. The fourth-order valence-electron chi connectivity index (χ4n) is 2.28. The maximum atomic E-state index is 12.5. The lowest BCUT2D eigenvalue weighted by Gasteiger charge is -2.21. The normalized spacial score (nSPS) is 12.8. The summed E-state index contributed by atoms with van der Waals surface area (Å²) in [4.78, 5) is 24.2. The molecule has 138 valence electrons. The monoisotopic (exact) mass is 439 g/mol. The van der Waals surface area contributed by atoms with Crippen molar-refractivity contribution in [2.45, 2.75) is 25.5 Å². The molecule has 26 heavy (non-hydrogen) atoms. The minimum absolute atomic E-state index is 0.0216. The number of amides is 1. The van der Waals surface area contributed by atoms with Gasteiger partial charge in [-0.1, -0.05) is 45.7 Å². The van der Waals surface area contributed by atoms with Gasteiger partial charge in [-0.05, 0) is 42.8 Å². The van der Waals surface area contributed by atoms with E-state index >= 15 is 0 Å². The maximum absolute atomic E-state index is 12.5. The molecule has 2 rings (SSSR count). The number of carbonyl (C=O) groups is 2. The predicted molar refractivity (Wildman–Crippen MR) is 103 cm³/mol. The van der Waals surface area contributed by atoms with Crippen LogP contribution in [0.3, 0.4) is 0 Å². The second kappa shape index (κ2) is 9.59. The topological polar surface area (TPSA) is 64.6 Å². The molecule has 7 heteroatoms. The average Bonchev–Trinajstić information content (AvgIpc) is 2.61. The van der Waals surface area contributed by atoms with Gasteiger partial charge in [0, 0.05) is 9.50 Å². The third-order valence-corrected chi connectivity index (χ3v) is 4.43. The van der Waals surface area contributed by atoms with E-state index in [0.29, 0.717) is 10.8 Å². The van der Waals surface area contributed by atoms with Gasteiger partial charge in [0.25, 0.3) is 5.91 Å². The summed E-state index contributed by atoms with van der Waals surface area (Å²) in [7, 11) is 1.31. The molecule has 0 aliphatic heterocycles. The largest absolute Gasteiger partial charge is 0.481 e. The van der Waals surface area contributed by atoms with Crippen molar-refractivity contribution in [3.8, 4) is 5.75 Å². The van der Waals surface area contributed by atoms with E-state index in [2.05, 4.69) is 21.2 Å². The molecule has 0 saturated carbocycles. The predicted octanol–water partition coefficient (Wildman–Crippen LogP) is 4.29. The van der Waals surface area contributed by atoms with E-state index in [4.69, 9.17) is 21.1 Å². The van der Waals surface area contributed by atoms with Gasteiger partial charge >= 0.3 is 5.97 Å². The molecule has 0 radical (unpaired) electrons. The summed E-state index contributed by atoms with van der Waals surface area (Å²) in [6, 6.07) is 13.6. The first-order chi connectivity index (χ1) is 12.4. The lowest BCUT2D eigenvalue weighted by molar-refractivity contribution is -0.141. The van der Waals surface area contributed by atoms with E-state index < -0.39 is 18.1 Å². The first kappa shape index (κ1) is 20.3. The maximum Gasteiger partial charge on any atom is 0.307 e. The van der Waals surface area contributed by atoms with Gasteiger partial charge in [-0.2, -0.15) is 0 Å².